The monoisotopic (exact) mass is 408 g/mol. The third-order valence-corrected chi connectivity index (χ3v) is 5.00. The molecule has 29 heavy (non-hydrogen) atoms. The smallest absolute Gasteiger partial charge is 0.303 e. The summed E-state index contributed by atoms with van der Waals surface area (Å²) in [7, 11) is 0. The van der Waals surface area contributed by atoms with Crippen LogP contribution in [0.1, 0.15) is 143 Å². The van der Waals surface area contributed by atoms with E-state index in [1.54, 1.807) is 0 Å². The van der Waals surface area contributed by atoms with E-state index in [0.29, 0.717) is 6.42 Å². The molecule has 0 amide bonds. The molecule has 1 N–H and O–H groups in total. The van der Waals surface area contributed by atoms with Crippen LogP contribution in [0.5, 0.6) is 0 Å². The zero-order valence-electron chi connectivity index (χ0n) is 20.1. The second-order valence-corrected chi connectivity index (χ2v) is 8.13. The van der Waals surface area contributed by atoms with E-state index >= 15 is 0 Å². The van der Waals surface area contributed by atoms with Crippen molar-refractivity contribution in [3.8, 4) is 0 Å². The first kappa shape index (κ1) is 30.1. The highest BCUT2D eigenvalue weighted by atomic mass is 16.4. The lowest BCUT2D eigenvalue weighted by Gasteiger charge is -1.99. The highest BCUT2D eigenvalue weighted by Gasteiger charge is 1.95. The molecular formula is C27H52O2. The van der Waals surface area contributed by atoms with Gasteiger partial charge in [-0.1, -0.05) is 116 Å². The average molecular weight is 409 g/mol. The number of unbranched alkanes of at least 4 members (excludes halogenated alkanes) is 14. The number of carboxylic acid groups (broad SMARTS) is 1. The molecule has 2 nitrogen and oxygen atoms in total. The van der Waals surface area contributed by atoms with Crippen molar-refractivity contribution in [2.45, 2.75) is 143 Å². The molecule has 0 aromatic carbocycles. The zero-order valence-corrected chi connectivity index (χ0v) is 20.1. The maximum atomic E-state index is 10.3. The second-order valence-electron chi connectivity index (χ2n) is 8.13. The maximum absolute atomic E-state index is 10.3. The zero-order chi connectivity index (χ0) is 21.8. The van der Waals surface area contributed by atoms with Crippen molar-refractivity contribution in [1.82, 2.24) is 0 Å². The third kappa shape index (κ3) is 34.8. The number of aliphatic carboxylic acids is 1. The maximum Gasteiger partial charge on any atom is 0.303 e. The van der Waals surface area contributed by atoms with Crippen LogP contribution >= 0.6 is 0 Å². The van der Waals surface area contributed by atoms with E-state index < -0.39 is 5.97 Å². The predicted molar refractivity (Wildman–Crippen MR) is 131 cm³/mol. The highest BCUT2D eigenvalue weighted by Crippen LogP contribution is 2.09. The lowest BCUT2D eigenvalue weighted by atomic mass is 10.1. The largest absolute Gasteiger partial charge is 0.481 e. The van der Waals surface area contributed by atoms with Crippen LogP contribution in [-0.2, 0) is 4.79 Å². The Morgan fingerprint density at radius 2 is 0.931 bits per heavy atom. The molecule has 2 heteroatoms. The van der Waals surface area contributed by atoms with E-state index in [-0.39, 0.29) is 0 Å². The van der Waals surface area contributed by atoms with Crippen molar-refractivity contribution in [3.05, 3.63) is 24.3 Å². The summed E-state index contributed by atoms with van der Waals surface area (Å²) < 4.78 is 0. The van der Waals surface area contributed by atoms with Gasteiger partial charge in [0.2, 0.25) is 0 Å². The Hall–Kier alpha value is -1.05. The van der Waals surface area contributed by atoms with Gasteiger partial charge in [-0.25, -0.2) is 0 Å². The number of carbonyl (C=O) groups is 1. The van der Waals surface area contributed by atoms with Gasteiger partial charge in [-0.05, 0) is 44.9 Å². The van der Waals surface area contributed by atoms with E-state index in [4.69, 9.17) is 5.11 Å². The summed E-state index contributed by atoms with van der Waals surface area (Å²) >= 11 is 0. The third-order valence-electron chi connectivity index (χ3n) is 5.00. The average Bonchev–Trinajstić information content (AvgIpc) is 2.71. The van der Waals surface area contributed by atoms with Crippen LogP contribution in [0.4, 0.5) is 0 Å². The molecule has 0 aromatic heterocycles. The molecule has 0 spiro atoms. The molecule has 0 bridgehead atoms. The fourth-order valence-corrected chi connectivity index (χ4v) is 3.07. The van der Waals surface area contributed by atoms with Gasteiger partial charge < -0.3 is 5.11 Å². The van der Waals surface area contributed by atoms with Gasteiger partial charge in [-0.3, -0.25) is 4.79 Å². The molecule has 0 rings (SSSR count). The Labute approximate surface area is 183 Å². The summed E-state index contributed by atoms with van der Waals surface area (Å²) in [5.41, 5.74) is 0. The van der Waals surface area contributed by atoms with Gasteiger partial charge in [0.25, 0.3) is 0 Å². The summed E-state index contributed by atoms with van der Waals surface area (Å²) in [4.78, 5) is 10.3. The van der Waals surface area contributed by atoms with Gasteiger partial charge in [-0.15, -0.1) is 0 Å². The van der Waals surface area contributed by atoms with Crippen LogP contribution in [0.3, 0.4) is 0 Å². The molecule has 0 saturated heterocycles. The van der Waals surface area contributed by atoms with E-state index in [9.17, 15) is 4.79 Å². The summed E-state index contributed by atoms with van der Waals surface area (Å²) in [6.07, 6.45) is 32.3. The van der Waals surface area contributed by atoms with Gasteiger partial charge in [0.05, 0.1) is 0 Å². The summed E-state index contributed by atoms with van der Waals surface area (Å²) in [5.74, 6) is -0.664. The molecule has 0 saturated carbocycles. The van der Waals surface area contributed by atoms with Crippen molar-refractivity contribution in [1.29, 1.82) is 0 Å². The first-order chi connectivity index (χ1) is 14.2. The fourth-order valence-electron chi connectivity index (χ4n) is 3.07. The van der Waals surface area contributed by atoms with Crippen molar-refractivity contribution < 1.29 is 9.90 Å². The lowest BCUT2D eigenvalue weighted by Crippen LogP contribution is -1.93. The molecule has 0 aliphatic rings. The van der Waals surface area contributed by atoms with Crippen molar-refractivity contribution in [3.63, 3.8) is 0 Å². The fraction of sp³-hybridized carbons (Fsp3) is 0.815. The molecule has 0 heterocycles. The minimum absolute atomic E-state index is 0.332. The minimum Gasteiger partial charge on any atom is -0.481 e. The highest BCUT2D eigenvalue weighted by molar-refractivity contribution is 5.66. The van der Waals surface area contributed by atoms with Crippen LogP contribution in [0.2, 0.25) is 0 Å². The van der Waals surface area contributed by atoms with E-state index in [1.807, 2.05) is 0 Å². The molecule has 0 atom stereocenters. The summed E-state index contributed by atoms with van der Waals surface area (Å²) in [6.45, 7) is 6.70. The van der Waals surface area contributed by atoms with E-state index in [1.165, 1.54) is 103 Å². The Bertz CT molecular complexity index is 358. The number of carboxylic acids is 1. The molecule has 0 radical (unpaired) electrons. The molecule has 0 aliphatic heterocycles. The SMILES string of the molecule is CCCC=CCCCC.CCCCCCCC/C=C\CCCCCCCC(=O)O. The van der Waals surface area contributed by atoms with Gasteiger partial charge in [0, 0.05) is 6.42 Å². The lowest BCUT2D eigenvalue weighted by molar-refractivity contribution is -0.137. The van der Waals surface area contributed by atoms with Crippen LogP contribution in [0, 0.1) is 0 Å². The van der Waals surface area contributed by atoms with Crippen LogP contribution < -0.4 is 0 Å². The number of hydrogen-bond acceptors (Lipinski definition) is 1. The molecule has 172 valence electrons. The molecular weight excluding hydrogens is 356 g/mol. The summed E-state index contributed by atoms with van der Waals surface area (Å²) in [6, 6.07) is 0. The van der Waals surface area contributed by atoms with Crippen LogP contribution in [0.25, 0.3) is 0 Å². The van der Waals surface area contributed by atoms with Crippen LogP contribution in [0.15, 0.2) is 24.3 Å². The molecule has 0 fully saturated rings. The van der Waals surface area contributed by atoms with Gasteiger partial charge in [0.15, 0.2) is 0 Å². The molecule has 0 unspecified atom stereocenters. The van der Waals surface area contributed by atoms with Gasteiger partial charge >= 0.3 is 5.97 Å². The van der Waals surface area contributed by atoms with Gasteiger partial charge in [0.1, 0.15) is 0 Å². The number of rotatable bonds is 20. The Balaban J connectivity index is 0. The standard InChI is InChI=1S/C18H34O2.C9H18/c1-2-3-4-5-6-7-8-9-10-11-12-13-14-15-16-17-18(19)20;1-3-5-7-9-8-6-4-2/h9-10H,2-8,11-17H2,1H3,(H,19,20);7,9H,3-6,8H2,1-2H3/b10-9-;. The topological polar surface area (TPSA) is 37.3 Å². The minimum atomic E-state index is -0.664. The van der Waals surface area contributed by atoms with Gasteiger partial charge in [-0.2, -0.15) is 0 Å². The summed E-state index contributed by atoms with van der Waals surface area (Å²) in [5, 5.41) is 8.51. The Kier molecular flexibility index (Phi) is 30.3. The Morgan fingerprint density at radius 1 is 0.517 bits per heavy atom. The molecule has 0 aromatic rings. The molecule has 0 aliphatic carbocycles. The Morgan fingerprint density at radius 3 is 1.41 bits per heavy atom. The first-order valence-corrected chi connectivity index (χ1v) is 12.7. The van der Waals surface area contributed by atoms with E-state index in [0.717, 1.165) is 12.8 Å². The quantitative estimate of drug-likeness (QED) is 0.161. The predicted octanol–water partition coefficient (Wildman–Crippen LogP) is 9.64. The van der Waals surface area contributed by atoms with Crippen molar-refractivity contribution in [2.75, 3.05) is 0 Å². The first-order valence-electron chi connectivity index (χ1n) is 12.7. The van der Waals surface area contributed by atoms with Crippen LogP contribution in [-0.4, -0.2) is 11.1 Å². The number of allylic oxidation sites excluding steroid dienone is 4. The number of hydrogen-bond donors (Lipinski definition) is 1. The van der Waals surface area contributed by atoms with Crippen molar-refractivity contribution >= 4 is 5.97 Å². The second kappa shape index (κ2) is 29.2. The van der Waals surface area contributed by atoms with E-state index in [2.05, 4.69) is 45.1 Å². The normalized spacial score (nSPS) is 11.1. The van der Waals surface area contributed by atoms with Crippen molar-refractivity contribution in [2.24, 2.45) is 0 Å².